The summed E-state index contributed by atoms with van der Waals surface area (Å²) in [6.45, 7) is 6.70. The molecule has 0 aromatic rings. The monoisotopic (exact) mass is 1160 g/mol. The molecule has 0 bridgehead atoms. The molecule has 0 heterocycles. The fourth-order valence-corrected chi connectivity index (χ4v) is 12.2. The lowest BCUT2D eigenvalue weighted by Crippen LogP contribution is -2.30. The Bertz CT molecular complexity index is 1240. The van der Waals surface area contributed by atoms with Crippen molar-refractivity contribution in [3.8, 4) is 0 Å². The van der Waals surface area contributed by atoms with E-state index in [2.05, 4.69) is 20.8 Å². The van der Waals surface area contributed by atoms with Gasteiger partial charge in [-0.2, -0.15) is 0 Å². The second-order valence-electron chi connectivity index (χ2n) is 26.3. The van der Waals surface area contributed by atoms with Crippen molar-refractivity contribution in [2.24, 2.45) is 0 Å². The van der Waals surface area contributed by atoms with Crippen molar-refractivity contribution >= 4 is 17.9 Å². The van der Waals surface area contributed by atoms with Gasteiger partial charge in [0.25, 0.3) is 0 Å². The Morgan fingerprint density at radius 2 is 0.329 bits per heavy atom. The molecule has 82 heavy (non-hydrogen) atoms. The molecule has 0 saturated carbocycles. The zero-order chi connectivity index (χ0) is 59.2. The van der Waals surface area contributed by atoms with Crippen LogP contribution in [0.5, 0.6) is 0 Å². The minimum Gasteiger partial charge on any atom is -0.462 e. The van der Waals surface area contributed by atoms with E-state index in [4.69, 9.17) is 14.2 Å². The Labute approximate surface area is 514 Å². The first kappa shape index (κ1) is 80.4. The molecule has 1 atom stereocenters. The third kappa shape index (κ3) is 69.2. The first-order valence-electron chi connectivity index (χ1n) is 38.0. The summed E-state index contributed by atoms with van der Waals surface area (Å²) in [6.07, 6.45) is 86.3. The van der Waals surface area contributed by atoms with E-state index >= 15 is 0 Å². The topological polar surface area (TPSA) is 78.9 Å². The van der Waals surface area contributed by atoms with E-state index < -0.39 is 6.10 Å². The van der Waals surface area contributed by atoms with Crippen LogP contribution in [0.1, 0.15) is 451 Å². The SMILES string of the molecule is CCCCCCCCCCCCCCCCCCCCCCCCCCCCCCCCCCCCCC(=O)OCC(COC(=O)CCCCCCCCC)OC(=O)CCCCCCCCCCCCCCCCCCCCCCCC. The van der Waals surface area contributed by atoms with Crippen LogP contribution in [0.4, 0.5) is 0 Å². The van der Waals surface area contributed by atoms with Crippen LogP contribution < -0.4 is 0 Å². The van der Waals surface area contributed by atoms with Gasteiger partial charge in [0.1, 0.15) is 13.2 Å². The molecular weight excluding hydrogens is 1010 g/mol. The lowest BCUT2D eigenvalue weighted by molar-refractivity contribution is -0.167. The zero-order valence-corrected chi connectivity index (χ0v) is 56.3. The maximum absolute atomic E-state index is 12.9. The molecule has 0 N–H and O–H groups in total. The Kier molecular flexibility index (Phi) is 70.5. The standard InChI is InChI=1S/C76H148O6/c1-4-7-10-13-16-18-20-22-24-26-28-30-32-33-34-35-36-37-38-39-40-41-42-43-44-46-47-49-51-53-55-57-60-63-66-69-75(78)81-72-73(71-80-74(77)68-65-62-59-15-12-9-6-3)82-76(79)70-67-64-61-58-56-54-52-50-48-45-31-29-27-25-23-21-19-17-14-11-8-5-2/h73H,4-72H2,1-3H3. The van der Waals surface area contributed by atoms with Gasteiger partial charge in [-0.3, -0.25) is 14.4 Å². The second kappa shape index (κ2) is 71.9. The van der Waals surface area contributed by atoms with E-state index in [-0.39, 0.29) is 31.1 Å². The third-order valence-corrected chi connectivity index (χ3v) is 17.9. The van der Waals surface area contributed by atoms with Gasteiger partial charge in [-0.15, -0.1) is 0 Å². The molecule has 0 saturated heterocycles. The highest BCUT2D eigenvalue weighted by Gasteiger charge is 2.20. The zero-order valence-electron chi connectivity index (χ0n) is 56.3. The smallest absolute Gasteiger partial charge is 0.306 e. The molecule has 0 fully saturated rings. The maximum atomic E-state index is 12.9. The van der Waals surface area contributed by atoms with E-state index in [1.54, 1.807) is 0 Å². The Hall–Kier alpha value is -1.59. The molecule has 0 spiro atoms. The summed E-state index contributed by atoms with van der Waals surface area (Å²) in [5.41, 5.74) is 0. The summed E-state index contributed by atoms with van der Waals surface area (Å²) in [7, 11) is 0. The van der Waals surface area contributed by atoms with Crippen LogP contribution in [0, 0.1) is 0 Å². The predicted molar refractivity (Wildman–Crippen MR) is 358 cm³/mol. The Morgan fingerprint density at radius 3 is 0.488 bits per heavy atom. The van der Waals surface area contributed by atoms with Gasteiger partial charge in [0, 0.05) is 19.3 Å². The van der Waals surface area contributed by atoms with Crippen molar-refractivity contribution in [2.75, 3.05) is 13.2 Å². The number of ether oxygens (including phenoxy) is 3. The molecule has 0 aromatic carbocycles. The highest BCUT2D eigenvalue weighted by Crippen LogP contribution is 2.20. The summed E-state index contributed by atoms with van der Waals surface area (Å²) in [6, 6.07) is 0. The predicted octanol–water partition coefficient (Wildman–Crippen LogP) is 26.2. The maximum Gasteiger partial charge on any atom is 0.306 e. The van der Waals surface area contributed by atoms with Crippen molar-refractivity contribution in [1.82, 2.24) is 0 Å². The van der Waals surface area contributed by atoms with Gasteiger partial charge in [-0.25, -0.2) is 0 Å². The number of unbranched alkanes of at least 4 members (excludes halogenated alkanes) is 61. The lowest BCUT2D eigenvalue weighted by Gasteiger charge is -2.18. The van der Waals surface area contributed by atoms with Crippen LogP contribution in [0.2, 0.25) is 0 Å². The molecule has 0 radical (unpaired) electrons. The van der Waals surface area contributed by atoms with Crippen LogP contribution in [-0.2, 0) is 28.6 Å². The number of hydrogen-bond acceptors (Lipinski definition) is 6. The van der Waals surface area contributed by atoms with Crippen LogP contribution in [0.3, 0.4) is 0 Å². The molecule has 0 aromatic heterocycles. The van der Waals surface area contributed by atoms with E-state index in [0.29, 0.717) is 19.3 Å². The summed E-state index contributed by atoms with van der Waals surface area (Å²) in [4.78, 5) is 38.2. The van der Waals surface area contributed by atoms with Crippen LogP contribution in [0.25, 0.3) is 0 Å². The molecule has 6 nitrogen and oxygen atoms in total. The number of carbonyl (C=O) groups is 3. The fourth-order valence-electron chi connectivity index (χ4n) is 12.2. The minimum atomic E-state index is -0.762. The van der Waals surface area contributed by atoms with E-state index in [1.807, 2.05) is 0 Å². The average molecular weight is 1160 g/mol. The van der Waals surface area contributed by atoms with E-state index in [9.17, 15) is 14.4 Å². The summed E-state index contributed by atoms with van der Waals surface area (Å²) in [5.74, 6) is -0.831. The molecule has 1 unspecified atom stereocenters. The minimum absolute atomic E-state index is 0.0612. The van der Waals surface area contributed by atoms with Crippen molar-refractivity contribution in [2.45, 2.75) is 457 Å². The van der Waals surface area contributed by atoms with Crippen molar-refractivity contribution in [1.29, 1.82) is 0 Å². The van der Waals surface area contributed by atoms with Crippen LogP contribution in [0.15, 0.2) is 0 Å². The molecule has 0 aliphatic rings. The summed E-state index contributed by atoms with van der Waals surface area (Å²) >= 11 is 0. The summed E-state index contributed by atoms with van der Waals surface area (Å²) in [5, 5.41) is 0. The molecule has 0 aliphatic heterocycles. The Balaban J connectivity index is 3.89. The average Bonchev–Trinajstić information content (AvgIpc) is 3.48. The lowest BCUT2D eigenvalue weighted by atomic mass is 10.0. The highest BCUT2D eigenvalue weighted by atomic mass is 16.6. The highest BCUT2D eigenvalue weighted by molar-refractivity contribution is 5.71. The first-order valence-corrected chi connectivity index (χ1v) is 38.0. The third-order valence-electron chi connectivity index (χ3n) is 17.9. The first-order chi connectivity index (χ1) is 40.5. The van der Waals surface area contributed by atoms with Crippen LogP contribution >= 0.6 is 0 Å². The molecule has 0 rings (SSSR count). The van der Waals surface area contributed by atoms with Gasteiger partial charge in [0.15, 0.2) is 6.10 Å². The normalized spacial score (nSPS) is 11.9. The van der Waals surface area contributed by atoms with Gasteiger partial charge < -0.3 is 14.2 Å². The second-order valence-corrected chi connectivity index (χ2v) is 26.3. The Morgan fingerprint density at radius 1 is 0.195 bits per heavy atom. The fraction of sp³-hybridized carbons (Fsp3) is 0.961. The van der Waals surface area contributed by atoms with E-state index in [1.165, 1.54) is 353 Å². The van der Waals surface area contributed by atoms with Gasteiger partial charge >= 0.3 is 17.9 Å². The van der Waals surface area contributed by atoms with Gasteiger partial charge in [0.05, 0.1) is 0 Å². The van der Waals surface area contributed by atoms with Gasteiger partial charge in [-0.1, -0.05) is 412 Å². The number of hydrogen-bond donors (Lipinski definition) is 0. The largest absolute Gasteiger partial charge is 0.462 e. The number of carbonyl (C=O) groups excluding carboxylic acids is 3. The molecular formula is C76H148O6. The van der Waals surface area contributed by atoms with Crippen molar-refractivity contribution in [3.63, 3.8) is 0 Å². The van der Waals surface area contributed by atoms with Crippen molar-refractivity contribution < 1.29 is 28.6 Å². The molecule has 6 heteroatoms. The molecule has 0 amide bonds. The number of rotatable bonds is 72. The number of esters is 3. The van der Waals surface area contributed by atoms with E-state index in [0.717, 1.165) is 57.8 Å². The molecule has 488 valence electrons. The van der Waals surface area contributed by atoms with Crippen LogP contribution in [-0.4, -0.2) is 37.2 Å². The quantitative estimate of drug-likeness (QED) is 0.0343. The van der Waals surface area contributed by atoms with Gasteiger partial charge in [0.2, 0.25) is 0 Å². The summed E-state index contributed by atoms with van der Waals surface area (Å²) < 4.78 is 16.9. The van der Waals surface area contributed by atoms with Gasteiger partial charge in [-0.05, 0) is 19.3 Å². The molecule has 0 aliphatic carbocycles. The van der Waals surface area contributed by atoms with Crippen molar-refractivity contribution in [3.05, 3.63) is 0 Å².